The van der Waals surface area contributed by atoms with E-state index in [2.05, 4.69) is 20.3 Å². The first-order chi connectivity index (χ1) is 10.5. The van der Waals surface area contributed by atoms with Crippen LogP contribution in [0.25, 0.3) is 5.52 Å². The van der Waals surface area contributed by atoms with Gasteiger partial charge in [0, 0.05) is 17.3 Å². The summed E-state index contributed by atoms with van der Waals surface area (Å²) < 4.78 is 31.3. The van der Waals surface area contributed by atoms with E-state index >= 15 is 0 Å². The number of pyridine rings is 2. The second kappa shape index (κ2) is 6.37. The van der Waals surface area contributed by atoms with Crippen molar-refractivity contribution in [1.29, 1.82) is 0 Å². The summed E-state index contributed by atoms with van der Waals surface area (Å²) in [5, 5.41) is 0. The maximum atomic E-state index is 13.4. The lowest BCUT2D eigenvalue weighted by atomic mass is 10.1. The van der Waals surface area contributed by atoms with Gasteiger partial charge in [-0.05, 0) is 62.7 Å². The number of rotatable bonds is 2. The van der Waals surface area contributed by atoms with Crippen LogP contribution in [0.2, 0.25) is 0 Å². The second-order valence-electron chi connectivity index (χ2n) is 6.26. The van der Waals surface area contributed by atoms with Crippen molar-refractivity contribution >= 4 is 38.5 Å². The van der Waals surface area contributed by atoms with Crippen LogP contribution in [0.1, 0.15) is 38.8 Å². The second-order valence-corrected chi connectivity index (χ2v) is 8.96. The predicted octanol–water partition coefficient (Wildman–Crippen LogP) is 3.78. The first-order valence-corrected chi connectivity index (χ1v) is 8.91. The molecule has 0 spiro atoms. The average Bonchev–Trinajstić information content (AvgIpc) is 2.43. The van der Waals surface area contributed by atoms with Crippen LogP contribution in [0.3, 0.4) is 0 Å². The molecule has 0 N–H and O–H groups in total. The molecule has 0 aromatic carbocycles. The van der Waals surface area contributed by atoms with Crippen molar-refractivity contribution in [2.75, 3.05) is 0 Å². The lowest BCUT2D eigenvalue weighted by Crippen LogP contribution is -2.27. The van der Waals surface area contributed by atoms with E-state index in [4.69, 9.17) is 0 Å². The molecule has 0 aliphatic carbocycles. The Morgan fingerprint density at radius 3 is 2.57 bits per heavy atom. The smallest absolute Gasteiger partial charge is 0.258 e. The van der Waals surface area contributed by atoms with Crippen molar-refractivity contribution in [1.82, 2.24) is 4.40 Å². The largest absolute Gasteiger partial charge is 0.591 e. The minimum atomic E-state index is -1.43. The molecule has 0 saturated carbocycles. The Morgan fingerprint density at radius 1 is 1.39 bits per heavy atom. The van der Waals surface area contributed by atoms with Crippen LogP contribution < -0.4 is 5.56 Å². The predicted molar refractivity (Wildman–Crippen MR) is 96.2 cm³/mol. The van der Waals surface area contributed by atoms with Crippen LogP contribution in [-0.2, 0) is 11.4 Å². The van der Waals surface area contributed by atoms with Gasteiger partial charge in [0.05, 0.1) is 15.7 Å². The van der Waals surface area contributed by atoms with Crippen LogP contribution in [-0.4, -0.2) is 19.4 Å². The van der Waals surface area contributed by atoms with Gasteiger partial charge in [0.15, 0.2) is 0 Å². The fourth-order valence-electron chi connectivity index (χ4n) is 2.14. The lowest BCUT2D eigenvalue weighted by Gasteiger charge is -2.19. The third-order valence-electron chi connectivity index (χ3n) is 3.38. The van der Waals surface area contributed by atoms with Crippen molar-refractivity contribution < 1.29 is 8.94 Å². The molecule has 1 unspecified atom stereocenters. The Morgan fingerprint density at radius 2 is 2.00 bits per heavy atom. The highest BCUT2D eigenvalue weighted by atomic mass is 79.9. The van der Waals surface area contributed by atoms with E-state index in [0.29, 0.717) is 26.8 Å². The van der Waals surface area contributed by atoms with E-state index in [0.717, 1.165) is 6.20 Å². The standard InChI is InChI=1S/C16H18BrFN2O2S/c1-9-13(10(2)19-23(22)16(3,4)5)14(17)12-7-6-11(18)8-20(12)15(9)21/h6-8H,1-5H3. The van der Waals surface area contributed by atoms with Gasteiger partial charge in [0.2, 0.25) is 0 Å². The average molecular weight is 401 g/mol. The van der Waals surface area contributed by atoms with E-state index in [1.807, 2.05) is 20.8 Å². The molecule has 4 nitrogen and oxygen atoms in total. The summed E-state index contributed by atoms with van der Waals surface area (Å²) in [6, 6.07) is 2.82. The summed E-state index contributed by atoms with van der Waals surface area (Å²) in [6.45, 7) is 8.87. The van der Waals surface area contributed by atoms with Gasteiger partial charge in [-0.2, -0.15) is 0 Å². The molecule has 2 heterocycles. The van der Waals surface area contributed by atoms with Gasteiger partial charge in [0.25, 0.3) is 5.56 Å². The Kier molecular flexibility index (Phi) is 5.03. The molecule has 2 rings (SSSR count). The molecule has 2 aromatic rings. The van der Waals surface area contributed by atoms with E-state index in [1.54, 1.807) is 13.8 Å². The quantitative estimate of drug-likeness (QED) is 0.568. The number of hydrogen-bond acceptors (Lipinski definition) is 3. The molecule has 0 amide bonds. The van der Waals surface area contributed by atoms with Gasteiger partial charge in [-0.3, -0.25) is 9.20 Å². The van der Waals surface area contributed by atoms with Crippen LogP contribution in [0.4, 0.5) is 4.39 Å². The number of fused-ring (bicyclic) bond motifs is 1. The molecule has 0 bridgehead atoms. The molecule has 0 aliphatic rings. The summed E-state index contributed by atoms with van der Waals surface area (Å²) in [6.07, 6.45) is 1.15. The molecule has 1 atom stereocenters. The summed E-state index contributed by atoms with van der Waals surface area (Å²) in [5.41, 5.74) is 1.74. The highest BCUT2D eigenvalue weighted by molar-refractivity contribution is 9.10. The maximum Gasteiger partial charge on any atom is 0.258 e. The van der Waals surface area contributed by atoms with Crippen LogP contribution in [0.15, 0.2) is 32.0 Å². The van der Waals surface area contributed by atoms with Gasteiger partial charge in [-0.25, -0.2) is 4.39 Å². The van der Waals surface area contributed by atoms with Crippen molar-refractivity contribution in [2.24, 2.45) is 4.40 Å². The zero-order valence-corrected chi connectivity index (χ0v) is 16.0. The molecule has 0 saturated heterocycles. The van der Waals surface area contributed by atoms with E-state index in [-0.39, 0.29) is 5.56 Å². The zero-order valence-electron chi connectivity index (χ0n) is 13.6. The van der Waals surface area contributed by atoms with Crippen molar-refractivity contribution in [3.63, 3.8) is 0 Å². The molecule has 124 valence electrons. The van der Waals surface area contributed by atoms with Crippen LogP contribution >= 0.6 is 15.9 Å². The van der Waals surface area contributed by atoms with Crippen molar-refractivity contribution in [2.45, 2.75) is 39.4 Å². The number of halogens is 2. The fraction of sp³-hybridized carbons (Fsp3) is 0.375. The highest BCUT2D eigenvalue weighted by Gasteiger charge is 2.27. The molecule has 23 heavy (non-hydrogen) atoms. The molecule has 7 heteroatoms. The minimum Gasteiger partial charge on any atom is -0.591 e. The first kappa shape index (κ1) is 18.2. The Balaban J connectivity index is 2.74. The highest BCUT2D eigenvalue weighted by Crippen LogP contribution is 2.26. The van der Waals surface area contributed by atoms with E-state index < -0.39 is 21.9 Å². The lowest BCUT2D eigenvalue weighted by molar-refractivity contribution is 0.561. The van der Waals surface area contributed by atoms with Crippen LogP contribution in [0.5, 0.6) is 0 Å². The number of hydrogen-bond donors (Lipinski definition) is 0. The monoisotopic (exact) mass is 400 g/mol. The maximum absolute atomic E-state index is 13.4. The first-order valence-electron chi connectivity index (χ1n) is 7.01. The molecule has 2 aromatic heterocycles. The molecule has 0 aliphatic heterocycles. The Hall–Kier alpha value is -1.18. The van der Waals surface area contributed by atoms with Gasteiger partial charge in [0.1, 0.15) is 21.9 Å². The topological polar surface area (TPSA) is 56.9 Å². The Bertz CT molecular complexity index is 856. The minimum absolute atomic E-state index is 0.325. The molecule has 0 fully saturated rings. The molecular formula is C16H18BrFN2O2S. The van der Waals surface area contributed by atoms with Crippen molar-refractivity contribution in [3.05, 3.63) is 50.1 Å². The zero-order chi connectivity index (χ0) is 17.5. The number of aromatic nitrogens is 1. The van der Waals surface area contributed by atoms with Crippen LogP contribution in [0, 0.1) is 12.7 Å². The molecular weight excluding hydrogens is 383 g/mol. The third-order valence-corrected chi connectivity index (χ3v) is 5.67. The summed E-state index contributed by atoms with van der Waals surface area (Å²) in [7, 11) is 0. The SMILES string of the molecule is CC(=N[S+]([O-])C(C)(C)C)c1c(C)c(=O)n2cc(F)ccc2c1Br. The van der Waals surface area contributed by atoms with Gasteiger partial charge < -0.3 is 4.55 Å². The third kappa shape index (κ3) is 3.51. The summed E-state index contributed by atoms with van der Waals surface area (Å²) in [5.74, 6) is -0.488. The van der Waals surface area contributed by atoms with E-state index in [1.165, 1.54) is 16.5 Å². The summed E-state index contributed by atoms with van der Waals surface area (Å²) in [4.78, 5) is 12.5. The van der Waals surface area contributed by atoms with Gasteiger partial charge in [-0.1, -0.05) is 4.40 Å². The van der Waals surface area contributed by atoms with Crippen molar-refractivity contribution in [3.8, 4) is 0 Å². The Labute approximate surface area is 145 Å². The summed E-state index contributed by atoms with van der Waals surface area (Å²) >= 11 is 2.04. The van der Waals surface area contributed by atoms with Gasteiger partial charge >= 0.3 is 0 Å². The van der Waals surface area contributed by atoms with E-state index in [9.17, 15) is 13.7 Å². The number of nitrogens with zero attached hydrogens (tertiary/aromatic N) is 2. The normalized spacial score (nSPS) is 14.3. The molecule has 0 radical (unpaired) electrons. The fourth-order valence-corrected chi connectivity index (χ4v) is 3.66. The van der Waals surface area contributed by atoms with Gasteiger partial charge in [-0.15, -0.1) is 0 Å².